The van der Waals surface area contributed by atoms with Crippen molar-refractivity contribution in [1.29, 1.82) is 0 Å². The fourth-order valence-electron chi connectivity index (χ4n) is 2.49. The molecule has 0 fully saturated rings. The van der Waals surface area contributed by atoms with Crippen LogP contribution in [0.5, 0.6) is 0 Å². The summed E-state index contributed by atoms with van der Waals surface area (Å²) in [5.74, 6) is -0.232. The Morgan fingerprint density at radius 1 is 1.00 bits per heavy atom. The van der Waals surface area contributed by atoms with Gasteiger partial charge in [-0.3, -0.25) is 4.90 Å². The number of aliphatic hydroxyl groups excluding tert-OH is 1. The molecule has 0 bridgehead atoms. The summed E-state index contributed by atoms with van der Waals surface area (Å²) in [7, 11) is 0. The summed E-state index contributed by atoms with van der Waals surface area (Å²) >= 11 is 0. The van der Waals surface area contributed by atoms with E-state index in [2.05, 4.69) is 18.7 Å². The van der Waals surface area contributed by atoms with Gasteiger partial charge >= 0.3 is 0 Å². The van der Waals surface area contributed by atoms with Crippen molar-refractivity contribution in [1.82, 2.24) is 4.90 Å². The molecular formula is C20H26FNO2. The van der Waals surface area contributed by atoms with Crippen molar-refractivity contribution in [3.63, 3.8) is 0 Å². The Balaban J connectivity index is 1.79. The van der Waals surface area contributed by atoms with E-state index in [-0.39, 0.29) is 11.9 Å². The molecule has 0 unspecified atom stereocenters. The zero-order valence-electron chi connectivity index (χ0n) is 14.4. The van der Waals surface area contributed by atoms with Gasteiger partial charge in [0, 0.05) is 19.1 Å². The lowest BCUT2D eigenvalue weighted by molar-refractivity contribution is 0.00314. The number of ether oxygens (including phenoxy) is 1. The average molecular weight is 331 g/mol. The zero-order valence-corrected chi connectivity index (χ0v) is 14.4. The SMILES string of the molecule is CC(C)N(Cc1ccc(F)cc1)C[C@@H](O)COCc1ccccc1. The molecule has 0 spiro atoms. The topological polar surface area (TPSA) is 32.7 Å². The van der Waals surface area contributed by atoms with E-state index in [1.54, 1.807) is 12.1 Å². The van der Waals surface area contributed by atoms with E-state index in [1.165, 1.54) is 12.1 Å². The second-order valence-corrected chi connectivity index (χ2v) is 6.30. The molecule has 130 valence electrons. The van der Waals surface area contributed by atoms with E-state index < -0.39 is 6.10 Å². The van der Waals surface area contributed by atoms with Crippen LogP contribution in [0, 0.1) is 5.82 Å². The van der Waals surface area contributed by atoms with Crippen molar-refractivity contribution in [2.45, 2.75) is 39.1 Å². The third kappa shape index (κ3) is 6.40. The number of hydrogen-bond donors (Lipinski definition) is 1. The highest BCUT2D eigenvalue weighted by molar-refractivity contribution is 5.16. The molecule has 0 saturated carbocycles. The molecular weight excluding hydrogens is 305 g/mol. The molecule has 3 nitrogen and oxygen atoms in total. The standard InChI is InChI=1S/C20H26FNO2/c1-16(2)22(12-17-8-10-19(21)11-9-17)13-20(23)15-24-14-18-6-4-3-5-7-18/h3-11,16,20,23H,12-15H2,1-2H3/t20-/m1/s1. The van der Waals surface area contributed by atoms with Crippen LogP contribution in [0.15, 0.2) is 54.6 Å². The van der Waals surface area contributed by atoms with Gasteiger partial charge in [-0.2, -0.15) is 0 Å². The summed E-state index contributed by atoms with van der Waals surface area (Å²) in [6, 6.07) is 16.7. The molecule has 4 heteroatoms. The molecule has 2 aromatic carbocycles. The van der Waals surface area contributed by atoms with Crippen LogP contribution in [0.2, 0.25) is 0 Å². The van der Waals surface area contributed by atoms with Crippen LogP contribution in [0.4, 0.5) is 4.39 Å². The minimum Gasteiger partial charge on any atom is -0.389 e. The monoisotopic (exact) mass is 331 g/mol. The molecule has 0 radical (unpaired) electrons. The van der Waals surface area contributed by atoms with Crippen LogP contribution >= 0.6 is 0 Å². The van der Waals surface area contributed by atoms with Crippen molar-refractivity contribution in [2.75, 3.05) is 13.2 Å². The number of halogens is 1. The van der Waals surface area contributed by atoms with Crippen LogP contribution in [-0.4, -0.2) is 35.3 Å². The van der Waals surface area contributed by atoms with Crippen LogP contribution in [0.25, 0.3) is 0 Å². The van der Waals surface area contributed by atoms with Gasteiger partial charge in [0.05, 0.1) is 19.3 Å². The Kier molecular flexibility index (Phi) is 7.37. The lowest BCUT2D eigenvalue weighted by atomic mass is 10.1. The maximum atomic E-state index is 13.0. The first-order valence-electron chi connectivity index (χ1n) is 8.33. The summed E-state index contributed by atoms with van der Waals surface area (Å²) in [4.78, 5) is 2.16. The molecule has 0 aliphatic rings. The molecule has 1 N–H and O–H groups in total. The van der Waals surface area contributed by atoms with E-state index >= 15 is 0 Å². The molecule has 0 saturated heterocycles. The van der Waals surface area contributed by atoms with Gasteiger partial charge in [0.2, 0.25) is 0 Å². The summed E-state index contributed by atoms with van der Waals surface area (Å²) in [5.41, 5.74) is 2.12. The van der Waals surface area contributed by atoms with Crippen molar-refractivity contribution in [3.05, 3.63) is 71.5 Å². The highest BCUT2D eigenvalue weighted by Gasteiger charge is 2.15. The predicted octanol–water partition coefficient (Wildman–Crippen LogP) is 3.61. The minimum absolute atomic E-state index is 0.232. The van der Waals surface area contributed by atoms with Crippen molar-refractivity contribution in [3.8, 4) is 0 Å². The maximum Gasteiger partial charge on any atom is 0.123 e. The first-order chi connectivity index (χ1) is 11.5. The fraction of sp³-hybridized carbons (Fsp3) is 0.400. The van der Waals surface area contributed by atoms with Crippen LogP contribution in [0.3, 0.4) is 0 Å². The lowest BCUT2D eigenvalue weighted by Crippen LogP contribution is -2.38. The third-order valence-corrected chi connectivity index (χ3v) is 3.90. The van der Waals surface area contributed by atoms with Gasteiger partial charge in [-0.05, 0) is 37.1 Å². The van der Waals surface area contributed by atoms with Crippen molar-refractivity contribution >= 4 is 0 Å². The van der Waals surface area contributed by atoms with E-state index in [1.807, 2.05) is 30.3 Å². The largest absolute Gasteiger partial charge is 0.389 e. The lowest BCUT2D eigenvalue weighted by Gasteiger charge is -2.28. The number of nitrogens with zero attached hydrogens (tertiary/aromatic N) is 1. The Hall–Kier alpha value is -1.75. The number of rotatable bonds is 9. The summed E-state index contributed by atoms with van der Waals surface area (Å²) in [5, 5.41) is 10.2. The van der Waals surface area contributed by atoms with E-state index in [9.17, 15) is 9.50 Å². The average Bonchev–Trinajstić information content (AvgIpc) is 2.57. The number of hydrogen-bond acceptors (Lipinski definition) is 3. The first-order valence-corrected chi connectivity index (χ1v) is 8.33. The second-order valence-electron chi connectivity index (χ2n) is 6.30. The van der Waals surface area contributed by atoms with Crippen molar-refractivity contribution < 1.29 is 14.2 Å². The third-order valence-electron chi connectivity index (χ3n) is 3.90. The Labute approximate surface area is 143 Å². The molecule has 2 aromatic rings. The van der Waals surface area contributed by atoms with Crippen LogP contribution in [-0.2, 0) is 17.9 Å². The molecule has 0 aliphatic carbocycles. The van der Waals surface area contributed by atoms with E-state index in [0.717, 1.165) is 11.1 Å². The minimum atomic E-state index is -0.559. The highest BCUT2D eigenvalue weighted by atomic mass is 19.1. The molecule has 0 aliphatic heterocycles. The summed E-state index contributed by atoms with van der Waals surface area (Å²) in [6.45, 7) is 6.15. The summed E-state index contributed by atoms with van der Waals surface area (Å²) in [6.07, 6.45) is -0.559. The molecule has 0 aromatic heterocycles. The normalized spacial score (nSPS) is 12.8. The van der Waals surface area contributed by atoms with Crippen molar-refractivity contribution in [2.24, 2.45) is 0 Å². The fourth-order valence-corrected chi connectivity index (χ4v) is 2.49. The van der Waals surface area contributed by atoms with Gasteiger partial charge in [-0.1, -0.05) is 42.5 Å². The molecule has 0 amide bonds. The van der Waals surface area contributed by atoms with E-state index in [0.29, 0.717) is 26.3 Å². The van der Waals surface area contributed by atoms with Gasteiger partial charge in [0.15, 0.2) is 0 Å². The van der Waals surface area contributed by atoms with Gasteiger partial charge in [0.1, 0.15) is 5.82 Å². The molecule has 1 atom stereocenters. The Morgan fingerprint density at radius 2 is 1.67 bits per heavy atom. The molecule has 24 heavy (non-hydrogen) atoms. The zero-order chi connectivity index (χ0) is 17.4. The Bertz CT molecular complexity index is 586. The van der Waals surface area contributed by atoms with Gasteiger partial charge in [-0.25, -0.2) is 4.39 Å². The smallest absolute Gasteiger partial charge is 0.123 e. The first kappa shape index (κ1) is 18.6. The quantitative estimate of drug-likeness (QED) is 0.762. The predicted molar refractivity (Wildman–Crippen MR) is 94.1 cm³/mol. The van der Waals surface area contributed by atoms with Gasteiger partial charge in [-0.15, -0.1) is 0 Å². The van der Waals surface area contributed by atoms with Gasteiger partial charge < -0.3 is 9.84 Å². The summed E-state index contributed by atoms with van der Waals surface area (Å²) < 4.78 is 18.6. The maximum absolute atomic E-state index is 13.0. The van der Waals surface area contributed by atoms with Crippen LogP contribution in [0.1, 0.15) is 25.0 Å². The molecule has 2 rings (SSSR count). The van der Waals surface area contributed by atoms with Crippen LogP contribution < -0.4 is 0 Å². The molecule has 0 heterocycles. The number of benzene rings is 2. The highest BCUT2D eigenvalue weighted by Crippen LogP contribution is 2.11. The van der Waals surface area contributed by atoms with E-state index in [4.69, 9.17) is 4.74 Å². The Morgan fingerprint density at radius 3 is 2.29 bits per heavy atom. The van der Waals surface area contributed by atoms with Gasteiger partial charge in [0.25, 0.3) is 0 Å². The number of aliphatic hydroxyl groups is 1. The second kappa shape index (κ2) is 9.52.